The Morgan fingerprint density at radius 3 is 2.45 bits per heavy atom. The molecule has 0 aromatic heterocycles. The van der Waals surface area contributed by atoms with Crippen LogP contribution in [-0.2, 0) is 14.3 Å². The molecule has 0 aromatic rings. The highest BCUT2D eigenvalue weighted by Gasteiger charge is 2.41. The van der Waals surface area contributed by atoms with Crippen LogP contribution in [0, 0.1) is 17.3 Å². The number of carbonyl (C=O) groups is 2. The predicted octanol–water partition coefficient (Wildman–Crippen LogP) is 2.86. The van der Waals surface area contributed by atoms with Gasteiger partial charge in [-0.2, -0.15) is 0 Å². The van der Waals surface area contributed by atoms with E-state index in [-0.39, 0.29) is 11.9 Å². The molecule has 1 fully saturated rings. The van der Waals surface area contributed by atoms with Crippen molar-refractivity contribution in [1.29, 1.82) is 0 Å². The summed E-state index contributed by atoms with van der Waals surface area (Å²) in [7, 11) is 0. The highest BCUT2D eigenvalue weighted by Crippen LogP contribution is 2.31. The van der Waals surface area contributed by atoms with Crippen molar-refractivity contribution < 1.29 is 14.3 Å². The molecule has 0 N–H and O–H groups in total. The number of piperidine rings is 1. The summed E-state index contributed by atoms with van der Waals surface area (Å²) in [5, 5.41) is 0. The first-order valence-corrected chi connectivity index (χ1v) is 7.76. The van der Waals surface area contributed by atoms with E-state index in [1.807, 2.05) is 25.7 Å². The molecule has 0 saturated carbocycles. The molecule has 1 rings (SSSR count). The van der Waals surface area contributed by atoms with Crippen LogP contribution < -0.4 is 0 Å². The van der Waals surface area contributed by atoms with E-state index in [0.29, 0.717) is 12.5 Å². The fourth-order valence-corrected chi connectivity index (χ4v) is 2.83. The zero-order valence-corrected chi connectivity index (χ0v) is 13.6. The summed E-state index contributed by atoms with van der Waals surface area (Å²) >= 11 is 0. The lowest BCUT2D eigenvalue weighted by Crippen LogP contribution is -2.49. The van der Waals surface area contributed by atoms with Gasteiger partial charge < -0.3 is 9.64 Å². The molecular weight excluding hydrogens is 254 g/mol. The van der Waals surface area contributed by atoms with E-state index in [4.69, 9.17) is 4.74 Å². The number of hydrogen-bond acceptors (Lipinski definition) is 3. The Morgan fingerprint density at radius 2 is 1.95 bits per heavy atom. The lowest BCUT2D eigenvalue weighted by Gasteiger charge is -2.37. The minimum atomic E-state index is -0.696. The number of rotatable bonds is 4. The number of esters is 1. The fraction of sp³-hybridized carbons (Fsp3) is 0.875. The van der Waals surface area contributed by atoms with Crippen molar-refractivity contribution in [2.75, 3.05) is 19.7 Å². The van der Waals surface area contributed by atoms with Gasteiger partial charge in [-0.1, -0.05) is 34.1 Å². The maximum absolute atomic E-state index is 12.7. The van der Waals surface area contributed by atoms with E-state index < -0.39 is 11.3 Å². The predicted molar refractivity (Wildman–Crippen MR) is 79.2 cm³/mol. The standard InChI is InChI=1S/C16H29NO3/c1-6-12-9-8-10-17(11-12)14(18)13(16(3,4)5)15(19)20-7-2/h12-13H,6-11H2,1-5H3. The van der Waals surface area contributed by atoms with Gasteiger partial charge in [0.2, 0.25) is 5.91 Å². The van der Waals surface area contributed by atoms with E-state index in [2.05, 4.69) is 6.92 Å². The maximum Gasteiger partial charge on any atom is 0.319 e. The van der Waals surface area contributed by atoms with Gasteiger partial charge in [-0.05, 0) is 31.1 Å². The zero-order chi connectivity index (χ0) is 15.3. The quantitative estimate of drug-likeness (QED) is 0.589. The largest absolute Gasteiger partial charge is 0.465 e. The highest BCUT2D eigenvalue weighted by molar-refractivity contribution is 5.98. The lowest BCUT2D eigenvalue weighted by atomic mass is 9.79. The third-order valence-electron chi connectivity index (χ3n) is 4.04. The van der Waals surface area contributed by atoms with E-state index >= 15 is 0 Å². The zero-order valence-electron chi connectivity index (χ0n) is 13.6. The lowest BCUT2D eigenvalue weighted by molar-refractivity contribution is -0.161. The molecule has 1 amide bonds. The number of hydrogen-bond donors (Lipinski definition) is 0. The summed E-state index contributed by atoms with van der Waals surface area (Å²) in [6.07, 6.45) is 3.30. The molecule has 20 heavy (non-hydrogen) atoms. The number of likely N-dealkylation sites (tertiary alicyclic amines) is 1. The van der Waals surface area contributed by atoms with Gasteiger partial charge >= 0.3 is 5.97 Å². The summed E-state index contributed by atoms with van der Waals surface area (Å²) in [5.74, 6) is -0.578. The van der Waals surface area contributed by atoms with Crippen molar-refractivity contribution in [1.82, 2.24) is 4.90 Å². The molecule has 4 heteroatoms. The monoisotopic (exact) mass is 283 g/mol. The minimum Gasteiger partial charge on any atom is -0.465 e. The van der Waals surface area contributed by atoms with Crippen LogP contribution in [0.4, 0.5) is 0 Å². The summed E-state index contributed by atoms with van der Waals surface area (Å²) in [5.41, 5.74) is -0.414. The topological polar surface area (TPSA) is 46.6 Å². The molecule has 1 aliphatic heterocycles. The van der Waals surface area contributed by atoms with Crippen molar-refractivity contribution in [3.63, 3.8) is 0 Å². The van der Waals surface area contributed by atoms with Crippen LogP contribution in [0.2, 0.25) is 0 Å². The minimum absolute atomic E-state index is 0.0610. The van der Waals surface area contributed by atoms with E-state index in [0.717, 1.165) is 25.9 Å². The Hall–Kier alpha value is -1.06. The smallest absolute Gasteiger partial charge is 0.319 e. The number of carbonyl (C=O) groups excluding carboxylic acids is 2. The fourth-order valence-electron chi connectivity index (χ4n) is 2.83. The van der Waals surface area contributed by atoms with Gasteiger partial charge in [0, 0.05) is 13.1 Å². The Bertz CT molecular complexity index is 346. The second-order valence-corrected chi connectivity index (χ2v) is 6.75. The third kappa shape index (κ3) is 4.22. The first-order valence-electron chi connectivity index (χ1n) is 7.76. The number of ether oxygens (including phenoxy) is 1. The third-order valence-corrected chi connectivity index (χ3v) is 4.04. The van der Waals surface area contributed by atoms with Crippen LogP contribution in [0.25, 0.3) is 0 Å². The molecule has 0 spiro atoms. The van der Waals surface area contributed by atoms with Gasteiger partial charge in [0.15, 0.2) is 0 Å². The van der Waals surface area contributed by atoms with Crippen LogP contribution in [0.15, 0.2) is 0 Å². The van der Waals surface area contributed by atoms with Gasteiger partial charge in [-0.3, -0.25) is 9.59 Å². The normalized spacial score (nSPS) is 21.4. The molecule has 1 aliphatic rings. The van der Waals surface area contributed by atoms with Gasteiger partial charge in [0.1, 0.15) is 5.92 Å². The summed E-state index contributed by atoms with van der Waals surface area (Å²) in [6, 6.07) is 0. The molecule has 0 aromatic carbocycles. The van der Waals surface area contributed by atoms with Crippen molar-refractivity contribution in [3.05, 3.63) is 0 Å². The van der Waals surface area contributed by atoms with Crippen LogP contribution in [0.5, 0.6) is 0 Å². The van der Waals surface area contributed by atoms with Crippen molar-refractivity contribution in [3.8, 4) is 0 Å². The maximum atomic E-state index is 12.7. The summed E-state index contributed by atoms with van der Waals surface area (Å²) in [4.78, 5) is 26.8. The van der Waals surface area contributed by atoms with Crippen LogP contribution in [0.3, 0.4) is 0 Å². The molecular formula is C16H29NO3. The van der Waals surface area contributed by atoms with Crippen molar-refractivity contribution >= 4 is 11.9 Å². The van der Waals surface area contributed by atoms with E-state index in [9.17, 15) is 9.59 Å². The second kappa shape index (κ2) is 7.09. The first kappa shape index (κ1) is 17.0. The Kier molecular flexibility index (Phi) is 6.03. The van der Waals surface area contributed by atoms with Crippen molar-refractivity contribution in [2.24, 2.45) is 17.3 Å². The SMILES string of the molecule is CCOC(=O)C(C(=O)N1CCCC(CC)C1)C(C)(C)C. The number of nitrogens with zero attached hydrogens (tertiary/aromatic N) is 1. The van der Waals surface area contributed by atoms with E-state index in [1.165, 1.54) is 6.42 Å². The Morgan fingerprint density at radius 1 is 1.30 bits per heavy atom. The summed E-state index contributed by atoms with van der Waals surface area (Å²) < 4.78 is 5.11. The van der Waals surface area contributed by atoms with Gasteiger partial charge in [-0.15, -0.1) is 0 Å². The van der Waals surface area contributed by atoms with Gasteiger partial charge in [0.25, 0.3) is 0 Å². The van der Waals surface area contributed by atoms with Crippen LogP contribution in [0.1, 0.15) is 53.9 Å². The highest BCUT2D eigenvalue weighted by atomic mass is 16.5. The molecule has 0 radical (unpaired) electrons. The van der Waals surface area contributed by atoms with E-state index in [1.54, 1.807) is 6.92 Å². The Balaban J connectivity index is 2.85. The Labute approximate surface area is 122 Å². The molecule has 2 unspecified atom stereocenters. The summed E-state index contributed by atoms with van der Waals surface area (Å²) in [6.45, 7) is 11.6. The second-order valence-electron chi connectivity index (χ2n) is 6.75. The van der Waals surface area contributed by atoms with Gasteiger partial charge in [-0.25, -0.2) is 0 Å². The molecule has 0 bridgehead atoms. The van der Waals surface area contributed by atoms with Gasteiger partial charge in [0.05, 0.1) is 6.61 Å². The molecule has 1 saturated heterocycles. The first-order chi connectivity index (χ1) is 9.31. The average molecular weight is 283 g/mol. The molecule has 4 nitrogen and oxygen atoms in total. The van der Waals surface area contributed by atoms with Crippen molar-refractivity contribution in [2.45, 2.75) is 53.9 Å². The molecule has 116 valence electrons. The molecule has 0 aliphatic carbocycles. The molecule has 2 atom stereocenters. The average Bonchev–Trinajstić information content (AvgIpc) is 2.37. The number of amides is 1. The van der Waals surface area contributed by atoms with Crippen LogP contribution in [-0.4, -0.2) is 36.5 Å². The van der Waals surface area contributed by atoms with Crippen LogP contribution >= 0.6 is 0 Å². The molecule has 1 heterocycles.